The van der Waals surface area contributed by atoms with Crippen molar-refractivity contribution in [1.29, 1.82) is 0 Å². The van der Waals surface area contributed by atoms with Gasteiger partial charge in [0.1, 0.15) is 11.9 Å². The minimum atomic E-state index is 0.0213. The Morgan fingerprint density at radius 1 is 1.28 bits per heavy atom. The molecule has 1 fully saturated rings. The van der Waals surface area contributed by atoms with E-state index in [2.05, 4.69) is 38.0 Å². The van der Waals surface area contributed by atoms with E-state index in [-0.39, 0.29) is 11.5 Å². The summed E-state index contributed by atoms with van der Waals surface area (Å²) in [7, 11) is 1.89. The van der Waals surface area contributed by atoms with Gasteiger partial charge in [-0.05, 0) is 19.8 Å². The molecule has 0 aliphatic carbocycles. The van der Waals surface area contributed by atoms with Crippen LogP contribution in [0.5, 0.6) is 0 Å². The number of hydrogen-bond donors (Lipinski definition) is 1. The maximum atomic E-state index is 5.86. The summed E-state index contributed by atoms with van der Waals surface area (Å²) in [4.78, 5) is 9.23. The van der Waals surface area contributed by atoms with Crippen LogP contribution in [0.1, 0.15) is 58.2 Å². The molecule has 2 rings (SSSR count). The highest BCUT2D eigenvalue weighted by Gasteiger charge is 2.27. The van der Waals surface area contributed by atoms with Crippen molar-refractivity contribution in [3.63, 3.8) is 0 Å². The number of hydrogen-bond acceptors (Lipinski definition) is 4. The van der Waals surface area contributed by atoms with Crippen molar-refractivity contribution in [2.75, 3.05) is 12.4 Å². The molecule has 1 aromatic rings. The lowest BCUT2D eigenvalue weighted by molar-refractivity contribution is 0.0501. The Bertz CT molecular complexity index is 426. The topological polar surface area (TPSA) is 47.0 Å². The van der Waals surface area contributed by atoms with Gasteiger partial charge in [0.2, 0.25) is 0 Å². The Hall–Kier alpha value is -1.16. The molecule has 1 saturated heterocycles. The summed E-state index contributed by atoms with van der Waals surface area (Å²) in [5, 5.41) is 3.11. The molecule has 2 unspecified atom stereocenters. The van der Waals surface area contributed by atoms with Crippen LogP contribution in [0, 0.1) is 0 Å². The molecule has 2 atom stereocenters. The molecule has 1 aliphatic rings. The second kappa shape index (κ2) is 4.84. The zero-order chi connectivity index (χ0) is 13.3. The molecule has 0 saturated carbocycles. The maximum absolute atomic E-state index is 5.86. The fourth-order valence-corrected chi connectivity index (χ4v) is 2.11. The van der Waals surface area contributed by atoms with Gasteiger partial charge in [-0.15, -0.1) is 0 Å². The molecule has 0 amide bonds. The second-order valence-electron chi connectivity index (χ2n) is 6.01. The van der Waals surface area contributed by atoms with Gasteiger partial charge in [-0.25, -0.2) is 9.97 Å². The second-order valence-corrected chi connectivity index (χ2v) is 6.01. The smallest absolute Gasteiger partial charge is 0.159 e. The van der Waals surface area contributed by atoms with Gasteiger partial charge in [-0.2, -0.15) is 0 Å². The van der Waals surface area contributed by atoms with Gasteiger partial charge in [-0.1, -0.05) is 20.8 Å². The Balaban J connectivity index is 2.35. The minimum Gasteiger partial charge on any atom is -0.373 e. The largest absolute Gasteiger partial charge is 0.373 e. The standard InChI is InChI=1S/C14H23N3O/c1-9-6-7-10(18-9)13-16-11(14(2,3)4)8-12(15-5)17-13/h8-10H,6-7H2,1-5H3,(H,15,16,17). The molecule has 0 aromatic carbocycles. The number of aromatic nitrogens is 2. The van der Waals surface area contributed by atoms with Crippen LogP contribution in [0.3, 0.4) is 0 Å². The van der Waals surface area contributed by atoms with Gasteiger partial charge in [0.15, 0.2) is 5.82 Å². The average molecular weight is 249 g/mol. The van der Waals surface area contributed by atoms with Crippen LogP contribution in [0.25, 0.3) is 0 Å². The van der Waals surface area contributed by atoms with Crippen molar-refractivity contribution in [2.24, 2.45) is 0 Å². The van der Waals surface area contributed by atoms with Crippen LogP contribution in [0.15, 0.2) is 6.07 Å². The van der Waals surface area contributed by atoms with E-state index in [1.165, 1.54) is 0 Å². The molecular weight excluding hydrogens is 226 g/mol. The van der Waals surface area contributed by atoms with Gasteiger partial charge in [-0.3, -0.25) is 0 Å². The summed E-state index contributed by atoms with van der Waals surface area (Å²) in [6.45, 7) is 8.59. The summed E-state index contributed by atoms with van der Waals surface area (Å²) >= 11 is 0. The van der Waals surface area contributed by atoms with Crippen molar-refractivity contribution >= 4 is 5.82 Å². The van der Waals surface area contributed by atoms with Crippen LogP contribution < -0.4 is 5.32 Å². The lowest BCUT2D eigenvalue weighted by atomic mass is 9.92. The third-order valence-electron chi connectivity index (χ3n) is 3.29. The van der Waals surface area contributed by atoms with Crippen molar-refractivity contribution in [3.05, 3.63) is 17.6 Å². The molecule has 4 nitrogen and oxygen atoms in total. The third-order valence-corrected chi connectivity index (χ3v) is 3.29. The summed E-state index contributed by atoms with van der Waals surface area (Å²) < 4.78 is 5.86. The normalized spacial score (nSPS) is 24.3. The lowest BCUT2D eigenvalue weighted by Crippen LogP contribution is -2.18. The predicted molar refractivity (Wildman–Crippen MR) is 72.8 cm³/mol. The molecule has 2 heterocycles. The molecule has 1 N–H and O–H groups in total. The third kappa shape index (κ3) is 2.80. The first-order valence-electron chi connectivity index (χ1n) is 6.63. The highest BCUT2D eigenvalue weighted by Crippen LogP contribution is 2.32. The van der Waals surface area contributed by atoms with E-state index in [1.807, 2.05) is 13.1 Å². The van der Waals surface area contributed by atoms with Crippen molar-refractivity contribution in [2.45, 2.75) is 58.2 Å². The maximum Gasteiger partial charge on any atom is 0.159 e. The zero-order valence-electron chi connectivity index (χ0n) is 11.9. The number of nitrogens with zero attached hydrogens (tertiary/aromatic N) is 2. The highest BCUT2D eigenvalue weighted by atomic mass is 16.5. The quantitative estimate of drug-likeness (QED) is 0.875. The predicted octanol–water partition coefficient (Wildman–Crippen LogP) is 3.06. The molecule has 0 spiro atoms. The number of rotatable bonds is 2. The van der Waals surface area contributed by atoms with Crippen LogP contribution in [0.2, 0.25) is 0 Å². The monoisotopic (exact) mass is 249 g/mol. The molecule has 4 heteroatoms. The fourth-order valence-electron chi connectivity index (χ4n) is 2.11. The van der Waals surface area contributed by atoms with Gasteiger partial charge in [0.25, 0.3) is 0 Å². The molecule has 1 aliphatic heterocycles. The van der Waals surface area contributed by atoms with Gasteiger partial charge >= 0.3 is 0 Å². The van der Waals surface area contributed by atoms with E-state index in [9.17, 15) is 0 Å². The Morgan fingerprint density at radius 2 is 2.00 bits per heavy atom. The van der Waals surface area contributed by atoms with E-state index < -0.39 is 0 Å². The van der Waals surface area contributed by atoms with E-state index in [0.717, 1.165) is 30.2 Å². The summed E-state index contributed by atoms with van der Waals surface area (Å²) in [6.07, 6.45) is 2.46. The number of ether oxygens (including phenoxy) is 1. The first kappa shape index (κ1) is 13.3. The van der Waals surface area contributed by atoms with Crippen LogP contribution in [-0.2, 0) is 10.2 Å². The summed E-state index contributed by atoms with van der Waals surface area (Å²) in [6, 6.07) is 2.02. The van der Waals surface area contributed by atoms with E-state index in [1.54, 1.807) is 0 Å². The number of anilines is 1. The van der Waals surface area contributed by atoms with Crippen LogP contribution in [-0.4, -0.2) is 23.1 Å². The Morgan fingerprint density at radius 3 is 2.50 bits per heavy atom. The molecule has 0 radical (unpaired) electrons. The first-order chi connectivity index (χ1) is 8.40. The molecule has 18 heavy (non-hydrogen) atoms. The lowest BCUT2D eigenvalue weighted by Gasteiger charge is -2.20. The first-order valence-corrected chi connectivity index (χ1v) is 6.63. The van der Waals surface area contributed by atoms with Crippen molar-refractivity contribution < 1.29 is 4.74 Å². The molecule has 100 valence electrons. The van der Waals surface area contributed by atoms with E-state index in [4.69, 9.17) is 9.72 Å². The van der Waals surface area contributed by atoms with E-state index >= 15 is 0 Å². The van der Waals surface area contributed by atoms with Crippen LogP contribution in [0.4, 0.5) is 5.82 Å². The SMILES string of the molecule is CNc1cc(C(C)(C)C)nc(C2CCC(C)O2)n1. The van der Waals surface area contributed by atoms with Gasteiger partial charge in [0, 0.05) is 18.5 Å². The van der Waals surface area contributed by atoms with Gasteiger partial charge in [0.05, 0.1) is 11.8 Å². The Labute approximate surface area is 109 Å². The molecule has 0 bridgehead atoms. The van der Waals surface area contributed by atoms with Crippen molar-refractivity contribution in [1.82, 2.24) is 9.97 Å². The average Bonchev–Trinajstić information content (AvgIpc) is 2.74. The highest BCUT2D eigenvalue weighted by molar-refractivity contribution is 5.37. The molecule has 1 aromatic heterocycles. The van der Waals surface area contributed by atoms with E-state index in [0.29, 0.717) is 6.10 Å². The Kier molecular flexibility index (Phi) is 3.57. The summed E-state index contributed by atoms with van der Waals surface area (Å²) in [5.74, 6) is 1.68. The van der Waals surface area contributed by atoms with Crippen LogP contribution >= 0.6 is 0 Å². The molecular formula is C14H23N3O. The fraction of sp³-hybridized carbons (Fsp3) is 0.714. The zero-order valence-corrected chi connectivity index (χ0v) is 11.9. The number of nitrogens with one attached hydrogen (secondary N) is 1. The summed E-state index contributed by atoms with van der Waals surface area (Å²) in [5.41, 5.74) is 1.08. The minimum absolute atomic E-state index is 0.0213. The van der Waals surface area contributed by atoms with Gasteiger partial charge < -0.3 is 10.1 Å². The van der Waals surface area contributed by atoms with Crippen molar-refractivity contribution in [3.8, 4) is 0 Å².